The molecule has 3 heterocycles. The summed E-state index contributed by atoms with van der Waals surface area (Å²) in [6.45, 7) is 14.1. The maximum absolute atomic E-state index is 11.7. The summed E-state index contributed by atoms with van der Waals surface area (Å²) in [5.74, 6) is 2.03. The zero-order valence-electron chi connectivity index (χ0n) is 20.3. The second-order valence-corrected chi connectivity index (χ2v) is 9.26. The van der Waals surface area contributed by atoms with Gasteiger partial charge in [-0.1, -0.05) is 32.9 Å². The lowest BCUT2D eigenvalue weighted by atomic mass is 10.1. The largest absolute Gasteiger partial charge is 0.446 e. The molecule has 4 aliphatic rings. The molecule has 0 bridgehead atoms. The Labute approximate surface area is 198 Å². The summed E-state index contributed by atoms with van der Waals surface area (Å²) in [5.41, 5.74) is 1.51. The van der Waals surface area contributed by atoms with Crippen molar-refractivity contribution in [1.29, 1.82) is 0 Å². The van der Waals surface area contributed by atoms with Gasteiger partial charge in [-0.2, -0.15) is 0 Å². The van der Waals surface area contributed by atoms with Gasteiger partial charge in [-0.15, -0.1) is 0 Å². The summed E-state index contributed by atoms with van der Waals surface area (Å²) in [5, 5.41) is 2.79. The lowest BCUT2D eigenvalue weighted by Gasteiger charge is -2.25. The Bertz CT molecular complexity index is 787. The Balaban J connectivity index is 0.000000188. The van der Waals surface area contributed by atoms with Crippen molar-refractivity contribution in [2.45, 2.75) is 52.6 Å². The van der Waals surface area contributed by atoms with Crippen molar-refractivity contribution in [2.75, 3.05) is 32.8 Å². The highest BCUT2D eigenvalue weighted by atomic mass is 16.6. The summed E-state index contributed by atoms with van der Waals surface area (Å²) in [6, 6.07) is 0. The number of ether oxygens (including phenoxy) is 2. The normalized spacial score (nSPS) is 25.2. The molecule has 0 aromatic heterocycles. The molecule has 3 aliphatic heterocycles. The molecule has 1 N–H and O–H groups in total. The number of fused-ring (bicyclic) bond motifs is 1. The third-order valence-electron chi connectivity index (χ3n) is 6.56. The second-order valence-electron chi connectivity index (χ2n) is 9.26. The zero-order chi connectivity index (χ0) is 23.8. The van der Waals surface area contributed by atoms with E-state index in [4.69, 9.17) is 9.47 Å². The van der Waals surface area contributed by atoms with Crippen molar-refractivity contribution < 1.29 is 19.1 Å². The second kappa shape index (κ2) is 12.1. The smallest absolute Gasteiger partial charge is 0.410 e. The number of hydrogen-bond acceptors (Lipinski definition) is 5. The predicted octanol–water partition coefficient (Wildman–Crippen LogP) is 4.21. The van der Waals surface area contributed by atoms with Gasteiger partial charge in [0, 0.05) is 50.6 Å². The van der Waals surface area contributed by atoms with Gasteiger partial charge in [0.2, 0.25) is 0 Å². The molecule has 7 nitrogen and oxygen atoms in total. The minimum atomic E-state index is -0.103. The molecular formula is C26H39N3O4. The molecule has 3 atom stereocenters. The van der Waals surface area contributed by atoms with Gasteiger partial charge in [0.15, 0.2) is 0 Å². The molecule has 2 amide bonds. The van der Waals surface area contributed by atoms with E-state index in [0.29, 0.717) is 18.0 Å². The predicted molar refractivity (Wildman–Crippen MR) is 129 cm³/mol. The molecule has 0 aromatic carbocycles. The van der Waals surface area contributed by atoms with Crippen LogP contribution in [0.1, 0.15) is 46.5 Å². The van der Waals surface area contributed by atoms with Crippen molar-refractivity contribution >= 4 is 12.0 Å². The van der Waals surface area contributed by atoms with Crippen LogP contribution in [0, 0.1) is 17.8 Å². The molecule has 2 saturated heterocycles. The number of rotatable bonds is 6. The molecule has 0 radical (unpaired) electrons. The minimum absolute atomic E-state index is 0.0526. The highest BCUT2D eigenvalue weighted by Crippen LogP contribution is 2.45. The summed E-state index contributed by atoms with van der Waals surface area (Å²) in [7, 11) is 0. The number of nitrogens with one attached hydrogen (secondary N) is 1. The first-order valence-corrected chi connectivity index (χ1v) is 12.3. The number of carbonyl (C=O) groups is 2. The SMILES string of the molecule is C=C1C=CC(C(=O)NCC)=CN1/C=C\C(C)CC.O=C(OC1CCOCC1)N1CC2CC2C1. The number of hydrogen-bond donors (Lipinski definition) is 1. The van der Waals surface area contributed by atoms with Crippen molar-refractivity contribution in [3.63, 3.8) is 0 Å². The van der Waals surface area contributed by atoms with E-state index in [1.54, 1.807) is 6.08 Å². The van der Waals surface area contributed by atoms with Gasteiger partial charge in [-0.25, -0.2) is 4.79 Å². The maximum atomic E-state index is 11.7. The Morgan fingerprint density at radius 1 is 1.24 bits per heavy atom. The lowest BCUT2D eigenvalue weighted by Crippen LogP contribution is -2.35. The van der Waals surface area contributed by atoms with E-state index in [9.17, 15) is 9.59 Å². The fraction of sp³-hybridized carbons (Fsp3) is 0.615. The first-order valence-electron chi connectivity index (χ1n) is 12.3. The van der Waals surface area contributed by atoms with Gasteiger partial charge < -0.3 is 24.6 Å². The topological polar surface area (TPSA) is 71.1 Å². The van der Waals surface area contributed by atoms with E-state index in [-0.39, 0.29) is 18.1 Å². The zero-order valence-corrected chi connectivity index (χ0v) is 20.3. The molecule has 0 spiro atoms. The maximum Gasteiger partial charge on any atom is 0.410 e. The van der Waals surface area contributed by atoms with Gasteiger partial charge in [-0.05, 0) is 43.3 Å². The van der Waals surface area contributed by atoms with Gasteiger partial charge in [0.05, 0.1) is 18.8 Å². The lowest BCUT2D eigenvalue weighted by molar-refractivity contribution is -0.117. The average molecular weight is 458 g/mol. The Kier molecular flexibility index (Phi) is 9.18. The van der Waals surface area contributed by atoms with E-state index in [0.717, 1.165) is 63.1 Å². The highest BCUT2D eigenvalue weighted by Gasteiger charge is 2.47. The molecule has 3 unspecified atom stereocenters. The summed E-state index contributed by atoms with van der Waals surface area (Å²) < 4.78 is 10.7. The molecule has 7 heteroatoms. The monoisotopic (exact) mass is 457 g/mol. The van der Waals surface area contributed by atoms with Crippen LogP contribution in [0.5, 0.6) is 0 Å². The van der Waals surface area contributed by atoms with Crippen LogP contribution in [-0.4, -0.2) is 60.8 Å². The number of carbonyl (C=O) groups excluding carboxylic acids is 2. The number of amides is 2. The van der Waals surface area contributed by atoms with E-state index in [2.05, 4.69) is 31.8 Å². The van der Waals surface area contributed by atoms with Crippen LogP contribution < -0.4 is 5.32 Å². The van der Waals surface area contributed by atoms with Crippen molar-refractivity contribution in [3.05, 3.63) is 48.5 Å². The van der Waals surface area contributed by atoms with Crippen LogP contribution in [0.25, 0.3) is 0 Å². The first kappa shape index (κ1) is 25.1. The molecule has 3 fully saturated rings. The molecule has 182 valence electrons. The van der Waals surface area contributed by atoms with Gasteiger partial charge in [0.25, 0.3) is 5.91 Å². The van der Waals surface area contributed by atoms with E-state index < -0.39 is 0 Å². The molecular weight excluding hydrogens is 418 g/mol. The van der Waals surface area contributed by atoms with Crippen LogP contribution in [0.3, 0.4) is 0 Å². The summed E-state index contributed by atoms with van der Waals surface area (Å²) in [6.07, 6.45) is 13.7. The number of likely N-dealkylation sites (tertiary alicyclic amines) is 1. The van der Waals surface area contributed by atoms with Crippen LogP contribution >= 0.6 is 0 Å². The van der Waals surface area contributed by atoms with E-state index in [1.165, 1.54) is 6.42 Å². The summed E-state index contributed by atoms with van der Waals surface area (Å²) >= 11 is 0. The van der Waals surface area contributed by atoms with Crippen LogP contribution in [0.4, 0.5) is 4.79 Å². The van der Waals surface area contributed by atoms with Crippen molar-refractivity contribution in [2.24, 2.45) is 17.8 Å². The van der Waals surface area contributed by atoms with Gasteiger partial charge in [-0.3, -0.25) is 4.79 Å². The van der Waals surface area contributed by atoms with E-state index >= 15 is 0 Å². The third-order valence-corrected chi connectivity index (χ3v) is 6.56. The Morgan fingerprint density at radius 2 is 1.94 bits per heavy atom. The number of piperidine rings is 1. The quantitative estimate of drug-likeness (QED) is 0.647. The van der Waals surface area contributed by atoms with Crippen LogP contribution in [0.15, 0.2) is 48.5 Å². The Hall–Kier alpha value is -2.54. The van der Waals surface area contributed by atoms with E-state index in [1.807, 2.05) is 35.2 Å². The van der Waals surface area contributed by atoms with Crippen LogP contribution in [0.2, 0.25) is 0 Å². The number of likely N-dealkylation sites (N-methyl/N-ethyl adjacent to an activating group) is 1. The standard InChI is InChI=1S/C15H22N2O.C11H17NO3/c1-5-12(3)9-10-17-11-14(8-7-13(17)4)15(18)16-6-2;13-11(12-6-8-5-9(8)7-12)15-10-1-3-14-4-2-10/h7-12H,4-6H2,1-3H3,(H,16,18);8-10H,1-7H2/b10-9-;. The minimum Gasteiger partial charge on any atom is -0.446 e. The fourth-order valence-electron chi connectivity index (χ4n) is 4.02. The van der Waals surface area contributed by atoms with Gasteiger partial charge in [0.1, 0.15) is 6.10 Å². The van der Waals surface area contributed by atoms with Gasteiger partial charge >= 0.3 is 6.09 Å². The molecule has 33 heavy (non-hydrogen) atoms. The summed E-state index contributed by atoms with van der Waals surface area (Å²) in [4.78, 5) is 27.2. The van der Waals surface area contributed by atoms with Crippen LogP contribution in [-0.2, 0) is 14.3 Å². The Morgan fingerprint density at radius 3 is 2.58 bits per heavy atom. The number of allylic oxidation sites excluding steroid dienone is 2. The van der Waals surface area contributed by atoms with Crippen molar-refractivity contribution in [1.82, 2.24) is 15.1 Å². The molecule has 1 aliphatic carbocycles. The molecule has 4 rings (SSSR count). The molecule has 1 saturated carbocycles. The number of nitrogens with zero attached hydrogens (tertiary/aromatic N) is 2. The fourth-order valence-corrected chi connectivity index (χ4v) is 4.02. The third kappa shape index (κ3) is 7.49. The first-order chi connectivity index (χ1) is 15.9. The molecule has 0 aromatic rings. The highest BCUT2D eigenvalue weighted by molar-refractivity contribution is 5.96. The van der Waals surface area contributed by atoms with Crippen molar-refractivity contribution in [3.8, 4) is 0 Å². The average Bonchev–Trinajstić information content (AvgIpc) is 3.44.